The molecule has 2 aromatic carbocycles. The monoisotopic (exact) mass is 401 g/mol. The summed E-state index contributed by atoms with van der Waals surface area (Å²) in [6.07, 6.45) is 0.942. The highest BCUT2D eigenvalue weighted by molar-refractivity contribution is 6.30. The normalized spacial score (nSPS) is 13.0. The maximum absolute atomic E-state index is 12.5. The number of carbonyl (C=O) groups is 2. The van der Waals surface area contributed by atoms with Crippen LogP contribution in [0.4, 0.5) is 5.69 Å². The quantitative estimate of drug-likeness (QED) is 0.669. The summed E-state index contributed by atoms with van der Waals surface area (Å²) in [4.78, 5) is 26.5. The Hall–Kier alpha value is -2.37. The van der Waals surface area contributed by atoms with Crippen molar-refractivity contribution in [2.75, 3.05) is 25.5 Å². The number of hydrogen-bond donors (Lipinski definition) is 2. The molecule has 0 fully saturated rings. The predicted octanol–water partition coefficient (Wildman–Crippen LogP) is 3.91. The molecule has 0 aliphatic carbocycles. The summed E-state index contributed by atoms with van der Waals surface area (Å²) in [7, 11) is 1.76. The molecule has 2 rings (SSSR count). The maximum atomic E-state index is 12.5. The van der Waals surface area contributed by atoms with Crippen LogP contribution in [-0.4, -0.2) is 42.9 Å². The molecule has 2 N–H and O–H groups in total. The Morgan fingerprint density at radius 3 is 2.32 bits per heavy atom. The second kappa shape index (κ2) is 10.8. The van der Waals surface area contributed by atoms with Crippen LogP contribution in [0.1, 0.15) is 31.7 Å². The minimum atomic E-state index is -0.413. The molecular weight excluding hydrogens is 374 g/mol. The highest BCUT2D eigenvalue weighted by Gasteiger charge is 2.21. The lowest BCUT2D eigenvalue weighted by Gasteiger charge is -2.24. The summed E-state index contributed by atoms with van der Waals surface area (Å²) in [6, 6.07) is 16.7. The van der Waals surface area contributed by atoms with Crippen molar-refractivity contribution < 1.29 is 9.59 Å². The molecule has 0 saturated heterocycles. The third-order valence-electron chi connectivity index (χ3n) is 4.85. The van der Waals surface area contributed by atoms with E-state index in [0.717, 1.165) is 6.42 Å². The van der Waals surface area contributed by atoms with Gasteiger partial charge in [0, 0.05) is 23.2 Å². The van der Waals surface area contributed by atoms with Gasteiger partial charge in [0.25, 0.3) is 0 Å². The number of likely N-dealkylation sites (N-methyl/N-ethyl adjacent to an activating group) is 1. The zero-order valence-electron chi connectivity index (χ0n) is 16.6. The van der Waals surface area contributed by atoms with Crippen molar-refractivity contribution in [2.45, 2.75) is 32.2 Å². The lowest BCUT2D eigenvalue weighted by Crippen LogP contribution is -2.46. The van der Waals surface area contributed by atoms with Gasteiger partial charge < -0.3 is 10.6 Å². The van der Waals surface area contributed by atoms with Gasteiger partial charge in [-0.25, -0.2) is 0 Å². The van der Waals surface area contributed by atoms with Gasteiger partial charge in [0.05, 0.1) is 12.6 Å². The summed E-state index contributed by atoms with van der Waals surface area (Å²) in [5.74, 6) is 0.00669. The van der Waals surface area contributed by atoms with Crippen LogP contribution in [0.5, 0.6) is 0 Å². The third kappa shape index (κ3) is 6.66. The largest absolute Gasteiger partial charge is 0.354 e. The molecule has 6 heteroatoms. The van der Waals surface area contributed by atoms with Crippen LogP contribution < -0.4 is 10.6 Å². The Kier molecular flexibility index (Phi) is 8.48. The molecular formula is C22H28ClN3O2. The van der Waals surface area contributed by atoms with E-state index in [1.54, 1.807) is 43.1 Å². The molecule has 0 radical (unpaired) electrons. The summed E-state index contributed by atoms with van der Waals surface area (Å²) >= 11 is 5.85. The van der Waals surface area contributed by atoms with Gasteiger partial charge in [0.15, 0.2) is 0 Å². The number of halogens is 1. The van der Waals surface area contributed by atoms with E-state index in [1.165, 1.54) is 5.56 Å². The molecule has 0 aliphatic rings. The van der Waals surface area contributed by atoms with Crippen molar-refractivity contribution in [1.82, 2.24) is 10.2 Å². The van der Waals surface area contributed by atoms with Crippen molar-refractivity contribution in [2.24, 2.45) is 0 Å². The molecule has 0 unspecified atom stereocenters. The Balaban J connectivity index is 1.82. The third-order valence-corrected chi connectivity index (χ3v) is 5.10. The van der Waals surface area contributed by atoms with Gasteiger partial charge >= 0.3 is 0 Å². The number of hydrogen-bond acceptors (Lipinski definition) is 3. The molecule has 150 valence electrons. The molecule has 2 atom stereocenters. The van der Waals surface area contributed by atoms with Crippen LogP contribution in [0.25, 0.3) is 0 Å². The van der Waals surface area contributed by atoms with Crippen LogP contribution in [0, 0.1) is 0 Å². The van der Waals surface area contributed by atoms with Crippen LogP contribution in [0.15, 0.2) is 54.6 Å². The van der Waals surface area contributed by atoms with Crippen molar-refractivity contribution in [3.8, 4) is 0 Å². The molecule has 0 heterocycles. The molecule has 0 aliphatic heterocycles. The lowest BCUT2D eigenvalue weighted by atomic mass is 9.96. The average molecular weight is 402 g/mol. The predicted molar refractivity (Wildman–Crippen MR) is 115 cm³/mol. The first kappa shape index (κ1) is 21.9. The number of rotatable bonds is 9. The van der Waals surface area contributed by atoms with E-state index in [0.29, 0.717) is 17.3 Å². The molecule has 2 aromatic rings. The smallest absolute Gasteiger partial charge is 0.238 e. The number of nitrogens with zero attached hydrogens (tertiary/aromatic N) is 1. The van der Waals surface area contributed by atoms with Crippen LogP contribution in [0.2, 0.25) is 5.02 Å². The number of nitrogens with one attached hydrogen (secondary N) is 2. The molecule has 0 aromatic heterocycles. The van der Waals surface area contributed by atoms with E-state index in [-0.39, 0.29) is 24.3 Å². The summed E-state index contributed by atoms with van der Waals surface area (Å²) in [6.45, 7) is 4.61. The summed E-state index contributed by atoms with van der Waals surface area (Å²) < 4.78 is 0. The Morgan fingerprint density at radius 2 is 1.71 bits per heavy atom. The number of benzene rings is 2. The van der Waals surface area contributed by atoms with Crippen LogP contribution in [0.3, 0.4) is 0 Å². The molecule has 0 bridgehead atoms. The molecule has 0 spiro atoms. The van der Waals surface area contributed by atoms with Gasteiger partial charge in [0.2, 0.25) is 11.8 Å². The highest BCUT2D eigenvalue weighted by atomic mass is 35.5. The second-order valence-electron chi connectivity index (χ2n) is 6.91. The second-order valence-corrected chi connectivity index (χ2v) is 7.34. The van der Waals surface area contributed by atoms with Gasteiger partial charge in [-0.2, -0.15) is 0 Å². The van der Waals surface area contributed by atoms with Crippen molar-refractivity contribution in [3.05, 3.63) is 65.2 Å². The van der Waals surface area contributed by atoms with Crippen molar-refractivity contribution >= 4 is 29.1 Å². The van der Waals surface area contributed by atoms with E-state index in [4.69, 9.17) is 11.6 Å². The van der Waals surface area contributed by atoms with Crippen molar-refractivity contribution in [3.63, 3.8) is 0 Å². The van der Waals surface area contributed by atoms with E-state index in [9.17, 15) is 9.59 Å². The zero-order valence-corrected chi connectivity index (χ0v) is 17.4. The molecule has 2 amide bonds. The zero-order chi connectivity index (χ0) is 20.5. The van der Waals surface area contributed by atoms with Crippen LogP contribution >= 0.6 is 11.6 Å². The van der Waals surface area contributed by atoms with Gasteiger partial charge in [0.1, 0.15) is 0 Å². The van der Waals surface area contributed by atoms with E-state index < -0.39 is 6.04 Å². The fraction of sp³-hybridized carbons (Fsp3) is 0.364. The number of anilines is 1. The topological polar surface area (TPSA) is 61.4 Å². The maximum Gasteiger partial charge on any atom is 0.238 e. The standard InChI is InChI=1S/C22H28ClN3O2/c1-4-17(18-8-6-5-7-9-18)14-24-22(28)16(2)26(3)15-21(27)25-20-12-10-19(23)11-13-20/h5-13,16-17H,4,14-15H2,1-3H3,(H,24,28)(H,25,27)/t16-,17+/m0/s1. The fourth-order valence-corrected chi connectivity index (χ4v) is 3.02. The first-order valence-corrected chi connectivity index (χ1v) is 9.86. The SMILES string of the molecule is CC[C@H](CNC(=O)[C@H](C)N(C)CC(=O)Nc1ccc(Cl)cc1)c1ccccc1. The average Bonchev–Trinajstić information content (AvgIpc) is 2.70. The van der Waals surface area contributed by atoms with Crippen LogP contribution in [-0.2, 0) is 9.59 Å². The first-order chi connectivity index (χ1) is 13.4. The molecule has 28 heavy (non-hydrogen) atoms. The Morgan fingerprint density at radius 1 is 1.07 bits per heavy atom. The van der Waals surface area contributed by atoms with Gasteiger partial charge in [-0.3, -0.25) is 14.5 Å². The van der Waals surface area contributed by atoms with E-state index in [1.807, 2.05) is 18.2 Å². The molecule has 5 nitrogen and oxygen atoms in total. The molecule has 0 saturated carbocycles. The van der Waals surface area contributed by atoms with E-state index in [2.05, 4.69) is 29.7 Å². The highest BCUT2D eigenvalue weighted by Crippen LogP contribution is 2.18. The summed E-state index contributed by atoms with van der Waals surface area (Å²) in [5.41, 5.74) is 1.89. The Bertz CT molecular complexity index is 765. The van der Waals surface area contributed by atoms with Gasteiger partial charge in [-0.15, -0.1) is 0 Å². The van der Waals surface area contributed by atoms with E-state index >= 15 is 0 Å². The van der Waals surface area contributed by atoms with Gasteiger partial charge in [-0.1, -0.05) is 48.9 Å². The number of amides is 2. The minimum Gasteiger partial charge on any atom is -0.354 e. The first-order valence-electron chi connectivity index (χ1n) is 9.49. The fourth-order valence-electron chi connectivity index (χ4n) is 2.89. The lowest BCUT2D eigenvalue weighted by molar-refractivity contribution is -0.126. The van der Waals surface area contributed by atoms with Gasteiger partial charge in [-0.05, 0) is 50.2 Å². The number of carbonyl (C=O) groups excluding carboxylic acids is 2. The Labute approximate surface area is 172 Å². The van der Waals surface area contributed by atoms with Crippen molar-refractivity contribution in [1.29, 1.82) is 0 Å². The summed E-state index contributed by atoms with van der Waals surface area (Å²) in [5, 5.41) is 6.43. The minimum absolute atomic E-state index is 0.0869.